The number of hydrogen-bond acceptors (Lipinski definition) is 1. The van der Waals surface area contributed by atoms with Gasteiger partial charge in [-0.15, -0.1) is 0 Å². The van der Waals surface area contributed by atoms with Crippen molar-refractivity contribution in [3.63, 3.8) is 0 Å². The molecule has 0 spiro atoms. The van der Waals surface area contributed by atoms with Gasteiger partial charge in [0.05, 0.1) is 0 Å². The molecule has 1 aromatic rings. The smallest absolute Gasteiger partial charge is 0.0379 e. The number of hydrogen-bond donors (Lipinski definition) is 0. The fourth-order valence-corrected chi connectivity index (χ4v) is 1.09. The summed E-state index contributed by atoms with van der Waals surface area (Å²) < 4.78 is 0. The summed E-state index contributed by atoms with van der Waals surface area (Å²) in [5, 5.41) is 0. The molecule has 0 saturated heterocycles. The van der Waals surface area contributed by atoms with Crippen LogP contribution >= 0.6 is 0 Å². The van der Waals surface area contributed by atoms with E-state index in [4.69, 9.17) is 0 Å². The van der Waals surface area contributed by atoms with Gasteiger partial charge in [0.25, 0.3) is 0 Å². The number of pyridine rings is 1. The van der Waals surface area contributed by atoms with E-state index in [2.05, 4.69) is 11.6 Å². The Bertz CT molecular complexity index is 311. The van der Waals surface area contributed by atoms with Crippen LogP contribution in [0.1, 0.15) is 37.6 Å². The summed E-state index contributed by atoms with van der Waals surface area (Å²) in [7, 11) is 0. The second-order valence-corrected chi connectivity index (χ2v) is 2.66. The predicted molar refractivity (Wildman–Crippen MR) is 65.1 cm³/mol. The number of aryl methyl sites for hydroxylation is 1. The summed E-state index contributed by atoms with van der Waals surface area (Å²) in [4.78, 5) is 4.21. The lowest BCUT2D eigenvalue weighted by Gasteiger charge is -2.00. The van der Waals surface area contributed by atoms with E-state index < -0.39 is 0 Å². The van der Waals surface area contributed by atoms with Crippen molar-refractivity contribution in [1.82, 2.24) is 4.98 Å². The minimum absolute atomic E-state index is 1.03. The average Bonchev–Trinajstić information content (AvgIpc) is 2.24. The lowest BCUT2D eigenvalue weighted by atomic mass is 10.1. The third kappa shape index (κ3) is 3.56. The number of allylic oxidation sites excluding steroid dienone is 1. The van der Waals surface area contributed by atoms with Gasteiger partial charge in [-0.2, -0.15) is 0 Å². The molecule has 0 bridgehead atoms. The Morgan fingerprint density at radius 2 is 1.93 bits per heavy atom. The second-order valence-electron chi connectivity index (χ2n) is 2.66. The van der Waals surface area contributed by atoms with E-state index in [-0.39, 0.29) is 0 Å². The van der Waals surface area contributed by atoms with Crippen molar-refractivity contribution in [2.75, 3.05) is 0 Å². The highest BCUT2D eigenvalue weighted by Gasteiger charge is 1.95. The van der Waals surface area contributed by atoms with Gasteiger partial charge in [-0.1, -0.05) is 38.7 Å². The van der Waals surface area contributed by atoms with Crippen LogP contribution in [-0.4, -0.2) is 4.98 Å². The summed E-state index contributed by atoms with van der Waals surface area (Å²) in [5.74, 6) is 0. The third-order valence-corrected chi connectivity index (χ3v) is 1.67. The second kappa shape index (κ2) is 7.07. The molecule has 0 N–H and O–H groups in total. The van der Waals surface area contributed by atoms with Gasteiger partial charge < -0.3 is 0 Å². The summed E-state index contributed by atoms with van der Waals surface area (Å²) in [5.41, 5.74) is 3.29. The van der Waals surface area contributed by atoms with Crippen molar-refractivity contribution in [2.45, 2.75) is 27.7 Å². The van der Waals surface area contributed by atoms with Crippen molar-refractivity contribution in [3.05, 3.63) is 41.7 Å². The van der Waals surface area contributed by atoms with Crippen LogP contribution in [0.25, 0.3) is 12.2 Å². The molecule has 0 aliphatic carbocycles. The fourth-order valence-electron chi connectivity index (χ4n) is 1.09. The van der Waals surface area contributed by atoms with Gasteiger partial charge in [0.2, 0.25) is 0 Å². The molecule has 0 fully saturated rings. The van der Waals surface area contributed by atoms with Gasteiger partial charge in [-0.25, -0.2) is 0 Å². The van der Waals surface area contributed by atoms with E-state index in [0.717, 1.165) is 16.8 Å². The Hall–Kier alpha value is -1.37. The number of nitrogens with zero attached hydrogens (tertiary/aromatic N) is 1. The van der Waals surface area contributed by atoms with Crippen LogP contribution in [0.5, 0.6) is 0 Å². The fraction of sp³-hybridized carbons (Fsp3) is 0.308. The Kier molecular flexibility index (Phi) is 6.38. The van der Waals surface area contributed by atoms with Gasteiger partial charge in [-0.3, -0.25) is 4.98 Å². The zero-order chi connectivity index (χ0) is 11.0. The van der Waals surface area contributed by atoms with Crippen molar-refractivity contribution in [1.29, 1.82) is 0 Å². The van der Waals surface area contributed by atoms with Crippen LogP contribution in [0.3, 0.4) is 0 Å². The molecule has 1 rings (SSSR count). The van der Waals surface area contributed by atoms with Crippen LogP contribution in [-0.2, 0) is 0 Å². The zero-order valence-corrected chi connectivity index (χ0v) is 9.54. The van der Waals surface area contributed by atoms with E-state index in [0.29, 0.717) is 0 Å². The maximum Gasteiger partial charge on any atom is 0.0379 e. The molecule has 76 valence electrons. The Morgan fingerprint density at radius 3 is 2.43 bits per heavy atom. The highest BCUT2D eigenvalue weighted by atomic mass is 14.7. The van der Waals surface area contributed by atoms with E-state index in [1.165, 1.54) is 0 Å². The number of aromatic nitrogens is 1. The molecule has 1 aromatic heterocycles. The van der Waals surface area contributed by atoms with Gasteiger partial charge in [0.15, 0.2) is 0 Å². The number of rotatable bonds is 2. The summed E-state index contributed by atoms with van der Waals surface area (Å²) >= 11 is 0. The lowest BCUT2D eigenvalue weighted by Crippen LogP contribution is -1.86. The summed E-state index contributed by atoms with van der Waals surface area (Å²) in [6.07, 6.45) is 7.75. The quantitative estimate of drug-likeness (QED) is 0.682. The first kappa shape index (κ1) is 12.6. The Labute approximate surface area is 87.2 Å². The van der Waals surface area contributed by atoms with Gasteiger partial charge in [0.1, 0.15) is 0 Å². The molecule has 0 radical (unpaired) electrons. The molecule has 0 atom stereocenters. The van der Waals surface area contributed by atoms with Crippen LogP contribution in [0.15, 0.2) is 24.9 Å². The minimum atomic E-state index is 1.03. The van der Waals surface area contributed by atoms with Crippen molar-refractivity contribution < 1.29 is 0 Å². The Balaban J connectivity index is 0.000000791. The highest BCUT2D eigenvalue weighted by Crippen LogP contribution is 2.12. The molecular weight excluding hydrogens is 170 g/mol. The standard InChI is InChI=1S/C11H13N.C2H6/c1-4-6-11-8-12-9(3)7-10(11)5-2;1-2/h4-8H,2H2,1,3H3;1-2H3/b6-4-;. The van der Waals surface area contributed by atoms with Crippen molar-refractivity contribution in [2.24, 2.45) is 0 Å². The van der Waals surface area contributed by atoms with Gasteiger partial charge >= 0.3 is 0 Å². The molecule has 0 aliphatic rings. The lowest BCUT2D eigenvalue weighted by molar-refractivity contribution is 1.19. The first-order valence-electron chi connectivity index (χ1n) is 4.99. The normalized spacial score (nSPS) is 9.43. The van der Waals surface area contributed by atoms with E-state index >= 15 is 0 Å². The first-order chi connectivity index (χ1) is 6.77. The van der Waals surface area contributed by atoms with Crippen LogP contribution in [0, 0.1) is 6.92 Å². The van der Waals surface area contributed by atoms with Crippen LogP contribution in [0.2, 0.25) is 0 Å². The maximum absolute atomic E-state index is 4.21. The third-order valence-electron chi connectivity index (χ3n) is 1.67. The summed E-state index contributed by atoms with van der Waals surface area (Å²) in [6.45, 7) is 11.7. The molecular formula is C13H19N. The molecule has 1 heterocycles. The van der Waals surface area contributed by atoms with E-state index in [9.17, 15) is 0 Å². The Morgan fingerprint density at radius 1 is 1.29 bits per heavy atom. The predicted octanol–water partition coefficient (Wildman–Crippen LogP) is 4.09. The van der Waals surface area contributed by atoms with Crippen molar-refractivity contribution >= 4 is 12.2 Å². The molecule has 0 aliphatic heterocycles. The average molecular weight is 189 g/mol. The first-order valence-corrected chi connectivity index (χ1v) is 4.99. The SMILES string of the molecule is C=Cc1cc(C)ncc1/C=C\C.CC. The van der Waals surface area contributed by atoms with Gasteiger partial charge in [0, 0.05) is 11.9 Å². The molecule has 0 unspecified atom stereocenters. The molecule has 14 heavy (non-hydrogen) atoms. The minimum Gasteiger partial charge on any atom is -0.261 e. The largest absolute Gasteiger partial charge is 0.261 e. The molecule has 0 amide bonds. The monoisotopic (exact) mass is 189 g/mol. The molecule has 0 aromatic carbocycles. The zero-order valence-electron chi connectivity index (χ0n) is 9.54. The van der Waals surface area contributed by atoms with E-state index in [1.807, 2.05) is 58.2 Å². The molecule has 0 saturated carbocycles. The van der Waals surface area contributed by atoms with Crippen molar-refractivity contribution in [3.8, 4) is 0 Å². The molecule has 1 nitrogen and oxygen atoms in total. The van der Waals surface area contributed by atoms with Crippen LogP contribution in [0.4, 0.5) is 0 Å². The van der Waals surface area contributed by atoms with Crippen LogP contribution < -0.4 is 0 Å². The molecule has 1 heteroatoms. The topological polar surface area (TPSA) is 12.9 Å². The maximum atomic E-state index is 4.21. The highest BCUT2D eigenvalue weighted by molar-refractivity contribution is 5.63. The van der Waals surface area contributed by atoms with E-state index in [1.54, 1.807) is 0 Å². The van der Waals surface area contributed by atoms with Gasteiger partial charge in [-0.05, 0) is 31.0 Å². The summed E-state index contributed by atoms with van der Waals surface area (Å²) in [6, 6.07) is 2.03.